The molecule has 9 heavy (non-hydrogen) atoms. The maximum Gasteiger partial charge on any atom is 0.0307 e. The highest BCUT2D eigenvalue weighted by molar-refractivity contribution is 5.02. The van der Waals surface area contributed by atoms with Crippen LogP contribution in [0.2, 0.25) is 0 Å². The third-order valence-electron chi connectivity index (χ3n) is 2.00. The van der Waals surface area contributed by atoms with Crippen LogP contribution in [0.5, 0.6) is 0 Å². The number of hydrogen-bond acceptors (Lipinski definition) is 2. The van der Waals surface area contributed by atoms with Crippen LogP contribution >= 0.6 is 0 Å². The van der Waals surface area contributed by atoms with Gasteiger partial charge in [-0.1, -0.05) is 0 Å². The van der Waals surface area contributed by atoms with Gasteiger partial charge in [0, 0.05) is 13.5 Å². The molecule has 0 amide bonds. The Labute approximate surface area is 58.7 Å². The van der Waals surface area contributed by atoms with Crippen molar-refractivity contribution in [2.45, 2.75) is 18.4 Å². The minimum absolute atomic E-state index is 0. The highest BCUT2D eigenvalue weighted by Gasteiger charge is 2.40. The molecule has 0 saturated heterocycles. The topological polar surface area (TPSA) is 15.3 Å². The zero-order chi connectivity index (χ0) is 6.91. The second kappa shape index (κ2) is 2.27. The molecular weight excluding hydrogens is 112 g/mol. The van der Waals surface area contributed by atoms with Crippen molar-refractivity contribution < 1.29 is 1.43 Å². The summed E-state index contributed by atoms with van der Waals surface area (Å²) in [6.07, 6.45) is 2.70. The van der Waals surface area contributed by atoms with Gasteiger partial charge in [-0.15, -0.1) is 0 Å². The second-order valence-corrected chi connectivity index (χ2v) is 3.27. The average molecular weight is 130 g/mol. The highest BCUT2D eigenvalue weighted by Crippen LogP contribution is 2.34. The van der Waals surface area contributed by atoms with E-state index in [-0.39, 0.29) is 1.43 Å². The molecule has 1 aliphatic carbocycles. The van der Waals surface area contributed by atoms with E-state index >= 15 is 0 Å². The first-order valence-corrected chi connectivity index (χ1v) is 3.52. The molecule has 1 saturated carbocycles. The molecule has 0 heterocycles. The zero-order valence-corrected chi connectivity index (χ0v) is 6.57. The average Bonchev–Trinajstić information content (AvgIpc) is 2.48. The van der Waals surface area contributed by atoms with E-state index in [1.54, 1.807) is 0 Å². The van der Waals surface area contributed by atoms with E-state index in [1.165, 1.54) is 19.4 Å². The van der Waals surface area contributed by atoms with Crippen LogP contribution in [-0.4, -0.2) is 38.1 Å². The Morgan fingerprint density at radius 1 is 1.56 bits per heavy atom. The van der Waals surface area contributed by atoms with Crippen LogP contribution in [0.1, 0.15) is 14.3 Å². The lowest BCUT2D eigenvalue weighted by molar-refractivity contribution is 0.336. The van der Waals surface area contributed by atoms with Crippen LogP contribution in [0.4, 0.5) is 0 Å². The summed E-state index contributed by atoms with van der Waals surface area (Å²) in [5, 5.41) is 3.34. The van der Waals surface area contributed by atoms with Gasteiger partial charge < -0.3 is 10.2 Å². The maximum absolute atomic E-state index is 3.34. The summed E-state index contributed by atoms with van der Waals surface area (Å²) in [5.74, 6) is 0. The quantitative estimate of drug-likeness (QED) is 0.600. The van der Waals surface area contributed by atoms with Gasteiger partial charge in [0.25, 0.3) is 0 Å². The summed E-state index contributed by atoms with van der Waals surface area (Å²) in [6, 6.07) is 0. The fraction of sp³-hybridized carbons (Fsp3) is 1.00. The van der Waals surface area contributed by atoms with Gasteiger partial charge in [-0.2, -0.15) is 0 Å². The normalized spacial score (nSPS) is 22.7. The number of hydrogen-bond donors (Lipinski definition) is 1. The van der Waals surface area contributed by atoms with E-state index in [0.29, 0.717) is 5.54 Å². The largest absolute Gasteiger partial charge is 0.313 e. The lowest BCUT2D eigenvalue weighted by Crippen LogP contribution is -2.37. The fourth-order valence-corrected chi connectivity index (χ4v) is 1.24. The van der Waals surface area contributed by atoms with Gasteiger partial charge in [-0.05, 0) is 34.0 Å². The van der Waals surface area contributed by atoms with E-state index < -0.39 is 0 Å². The van der Waals surface area contributed by atoms with E-state index in [4.69, 9.17) is 0 Å². The SMILES string of the molecule is CNC1(CN(C)C)CC1.[HH]. The van der Waals surface area contributed by atoms with Crippen LogP contribution in [-0.2, 0) is 0 Å². The zero-order valence-electron chi connectivity index (χ0n) is 6.57. The Hall–Kier alpha value is -0.0800. The molecule has 0 spiro atoms. The van der Waals surface area contributed by atoms with Crippen molar-refractivity contribution >= 4 is 0 Å². The number of rotatable bonds is 3. The summed E-state index contributed by atoms with van der Waals surface area (Å²) in [6.45, 7) is 1.18. The Bertz CT molecular complexity index is 99.8. The first kappa shape index (κ1) is 7.03. The van der Waals surface area contributed by atoms with Crippen molar-refractivity contribution in [3.05, 3.63) is 0 Å². The molecular formula is C7H18N2. The van der Waals surface area contributed by atoms with E-state index in [1.807, 2.05) is 0 Å². The molecule has 0 aromatic carbocycles. The Balaban J connectivity index is 0.000000810. The summed E-state index contributed by atoms with van der Waals surface area (Å²) in [4.78, 5) is 2.24. The van der Waals surface area contributed by atoms with Crippen molar-refractivity contribution in [1.29, 1.82) is 0 Å². The first-order valence-electron chi connectivity index (χ1n) is 3.52. The molecule has 1 fully saturated rings. The number of nitrogens with zero attached hydrogens (tertiary/aromatic N) is 1. The maximum atomic E-state index is 3.34. The van der Waals surface area contributed by atoms with Crippen molar-refractivity contribution in [3.63, 3.8) is 0 Å². The molecule has 1 N–H and O–H groups in total. The van der Waals surface area contributed by atoms with Crippen LogP contribution in [0.25, 0.3) is 0 Å². The summed E-state index contributed by atoms with van der Waals surface area (Å²) >= 11 is 0. The molecule has 0 radical (unpaired) electrons. The Kier molecular flexibility index (Phi) is 1.78. The van der Waals surface area contributed by atoms with Crippen molar-refractivity contribution in [3.8, 4) is 0 Å². The monoisotopic (exact) mass is 130 g/mol. The molecule has 2 heteroatoms. The lowest BCUT2D eigenvalue weighted by Gasteiger charge is -2.18. The molecule has 0 aliphatic heterocycles. The summed E-state index contributed by atoms with van der Waals surface area (Å²) < 4.78 is 0. The lowest BCUT2D eigenvalue weighted by atomic mass is 10.3. The third kappa shape index (κ3) is 1.66. The number of likely N-dealkylation sites (N-methyl/N-ethyl adjacent to an activating group) is 2. The molecule has 0 unspecified atom stereocenters. The third-order valence-corrected chi connectivity index (χ3v) is 2.00. The van der Waals surface area contributed by atoms with Crippen LogP contribution in [0.15, 0.2) is 0 Å². The molecule has 0 atom stereocenters. The molecule has 0 bridgehead atoms. The minimum atomic E-state index is 0. The van der Waals surface area contributed by atoms with Crippen LogP contribution in [0, 0.1) is 0 Å². The second-order valence-electron chi connectivity index (χ2n) is 3.27. The van der Waals surface area contributed by atoms with Gasteiger partial charge in [0.2, 0.25) is 0 Å². The summed E-state index contributed by atoms with van der Waals surface area (Å²) in [7, 11) is 6.30. The van der Waals surface area contributed by atoms with Crippen molar-refractivity contribution in [2.24, 2.45) is 0 Å². The van der Waals surface area contributed by atoms with Gasteiger partial charge >= 0.3 is 0 Å². The van der Waals surface area contributed by atoms with E-state index in [2.05, 4.69) is 31.4 Å². The molecule has 1 aliphatic rings. The van der Waals surface area contributed by atoms with Gasteiger partial charge in [0.05, 0.1) is 0 Å². The highest BCUT2D eigenvalue weighted by atomic mass is 15.1. The van der Waals surface area contributed by atoms with Gasteiger partial charge in [0.1, 0.15) is 0 Å². The van der Waals surface area contributed by atoms with Crippen molar-refractivity contribution in [1.82, 2.24) is 10.2 Å². The predicted octanol–water partition coefficient (Wildman–Crippen LogP) is 0.546. The first-order chi connectivity index (χ1) is 4.18. The number of nitrogens with one attached hydrogen (secondary N) is 1. The summed E-state index contributed by atoms with van der Waals surface area (Å²) in [5.41, 5.74) is 0.490. The van der Waals surface area contributed by atoms with Gasteiger partial charge in [-0.25, -0.2) is 0 Å². The molecule has 0 aromatic rings. The van der Waals surface area contributed by atoms with Crippen LogP contribution < -0.4 is 5.32 Å². The molecule has 0 aromatic heterocycles. The van der Waals surface area contributed by atoms with E-state index in [9.17, 15) is 0 Å². The minimum Gasteiger partial charge on any atom is -0.313 e. The predicted molar refractivity (Wildman–Crippen MR) is 41.7 cm³/mol. The van der Waals surface area contributed by atoms with Crippen molar-refractivity contribution in [2.75, 3.05) is 27.7 Å². The van der Waals surface area contributed by atoms with Gasteiger partial charge in [0.15, 0.2) is 0 Å². The smallest absolute Gasteiger partial charge is 0.0307 e. The molecule has 1 rings (SSSR count). The molecule has 2 nitrogen and oxygen atoms in total. The van der Waals surface area contributed by atoms with Crippen LogP contribution in [0.3, 0.4) is 0 Å². The molecule has 56 valence electrons. The standard InChI is InChI=1S/C7H16N2.H2/c1-8-7(4-5-7)6-9(2)3;/h8H,4-6H2,1-3H3;1H. The van der Waals surface area contributed by atoms with E-state index in [0.717, 1.165) is 0 Å². The Morgan fingerprint density at radius 3 is 2.22 bits per heavy atom. The van der Waals surface area contributed by atoms with Gasteiger partial charge in [-0.3, -0.25) is 0 Å². The fourth-order valence-electron chi connectivity index (χ4n) is 1.24. The Morgan fingerprint density at radius 2 is 2.11 bits per heavy atom.